The number of amides is 1. The number of aryl methyl sites for hydroxylation is 3. The number of benzene rings is 3. The lowest BCUT2D eigenvalue weighted by atomic mass is 10.1. The van der Waals surface area contributed by atoms with Gasteiger partial charge in [0.25, 0.3) is 0 Å². The highest BCUT2D eigenvalue weighted by atomic mass is 35.5. The molecule has 8 heteroatoms. The van der Waals surface area contributed by atoms with Gasteiger partial charge in [0.05, 0.1) is 16.5 Å². The first-order valence-corrected chi connectivity index (χ1v) is 12.0. The zero-order valence-electron chi connectivity index (χ0n) is 18.4. The molecule has 4 aromatic rings. The number of nitrogens with one attached hydrogen (secondary N) is 1. The van der Waals surface area contributed by atoms with Crippen molar-refractivity contribution in [1.29, 1.82) is 0 Å². The van der Waals surface area contributed by atoms with Gasteiger partial charge in [-0.25, -0.2) is 0 Å². The zero-order chi connectivity index (χ0) is 23.5. The Hall–Kier alpha value is -2.80. The molecule has 1 aromatic heterocycles. The normalized spacial score (nSPS) is 10.9. The molecule has 4 rings (SSSR count). The summed E-state index contributed by atoms with van der Waals surface area (Å²) in [6.45, 7) is 5.93. The first kappa shape index (κ1) is 23.4. The minimum Gasteiger partial charge on any atom is -0.324 e. The summed E-state index contributed by atoms with van der Waals surface area (Å²) in [4.78, 5) is 12.7. The standard InChI is InChI=1S/C25H22Cl2N4OS/c1-15-4-10-20(11-5-15)31-24(18-6-8-19(26)9-7-18)29-30-25(31)33-14-22(32)28-23-17(3)12-16(2)13-21(23)27/h4-13H,14H2,1-3H3,(H,28,32). The Balaban J connectivity index is 1.60. The fourth-order valence-corrected chi connectivity index (χ4v) is 4.70. The number of carbonyl (C=O) groups is 1. The lowest BCUT2D eigenvalue weighted by Gasteiger charge is -2.12. The van der Waals surface area contributed by atoms with Crippen LogP contribution in [-0.2, 0) is 4.79 Å². The molecule has 3 aromatic carbocycles. The van der Waals surface area contributed by atoms with Crippen LogP contribution in [0.3, 0.4) is 0 Å². The molecule has 5 nitrogen and oxygen atoms in total. The molecule has 0 bridgehead atoms. The van der Waals surface area contributed by atoms with Gasteiger partial charge in [-0.3, -0.25) is 9.36 Å². The average Bonchev–Trinajstić information content (AvgIpc) is 3.20. The van der Waals surface area contributed by atoms with E-state index in [0.717, 1.165) is 27.9 Å². The second-order valence-electron chi connectivity index (χ2n) is 7.76. The van der Waals surface area contributed by atoms with E-state index in [0.29, 0.717) is 26.7 Å². The van der Waals surface area contributed by atoms with E-state index in [4.69, 9.17) is 23.2 Å². The first-order valence-electron chi connectivity index (χ1n) is 10.3. The van der Waals surface area contributed by atoms with Gasteiger partial charge in [0.2, 0.25) is 5.91 Å². The van der Waals surface area contributed by atoms with Gasteiger partial charge in [0.1, 0.15) is 0 Å². The fourth-order valence-electron chi connectivity index (χ4n) is 3.46. The Kier molecular flexibility index (Phi) is 7.08. The molecule has 0 fully saturated rings. The molecule has 0 aliphatic rings. The van der Waals surface area contributed by atoms with Crippen molar-refractivity contribution in [3.8, 4) is 17.1 Å². The van der Waals surface area contributed by atoms with Crippen LogP contribution >= 0.6 is 35.0 Å². The van der Waals surface area contributed by atoms with Gasteiger partial charge in [-0.05, 0) is 74.4 Å². The lowest BCUT2D eigenvalue weighted by Crippen LogP contribution is -2.16. The highest BCUT2D eigenvalue weighted by Crippen LogP contribution is 2.30. The van der Waals surface area contributed by atoms with Gasteiger partial charge < -0.3 is 5.32 Å². The summed E-state index contributed by atoms with van der Waals surface area (Å²) in [6, 6.07) is 19.4. The van der Waals surface area contributed by atoms with Gasteiger partial charge in [-0.15, -0.1) is 10.2 Å². The van der Waals surface area contributed by atoms with Crippen molar-refractivity contribution < 1.29 is 4.79 Å². The molecular weight excluding hydrogens is 475 g/mol. The molecule has 0 aliphatic carbocycles. The van der Waals surface area contributed by atoms with Gasteiger partial charge >= 0.3 is 0 Å². The van der Waals surface area contributed by atoms with E-state index in [1.165, 1.54) is 11.8 Å². The van der Waals surface area contributed by atoms with Gasteiger partial charge in [-0.2, -0.15) is 0 Å². The van der Waals surface area contributed by atoms with E-state index < -0.39 is 0 Å². The number of aromatic nitrogens is 3. The molecule has 0 unspecified atom stereocenters. The summed E-state index contributed by atoms with van der Waals surface area (Å²) in [5.41, 5.74) is 5.55. The van der Waals surface area contributed by atoms with Crippen molar-refractivity contribution in [2.75, 3.05) is 11.1 Å². The fraction of sp³-hybridized carbons (Fsp3) is 0.160. The van der Waals surface area contributed by atoms with Crippen molar-refractivity contribution in [2.24, 2.45) is 0 Å². The highest BCUT2D eigenvalue weighted by molar-refractivity contribution is 7.99. The minimum atomic E-state index is -0.166. The van der Waals surface area contributed by atoms with E-state index in [1.807, 2.05) is 86.0 Å². The molecule has 168 valence electrons. The summed E-state index contributed by atoms with van der Waals surface area (Å²) in [5.74, 6) is 0.671. The second kappa shape index (κ2) is 10.00. The maximum Gasteiger partial charge on any atom is 0.234 e. The first-order chi connectivity index (χ1) is 15.8. The second-order valence-corrected chi connectivity index (χ2v) is 9.55. The van der Waals surface area contributed by atoms with Crippen LogP contribution in [0.15, 0.2) is 65.8 Å². The number of halogens is 2. The quantitative estimate of drug-likeness (QED) is 0.295. The van der Waals surface area contributed by atoms with E-state index in [-0.39, 0.29) is 11.7 Å². The summed E-state index contributed by atoms with van der Waals surface area (Å²) in [7, 11) is 0. The molecule has 33 heavy (non-hydrogen) atoms. The monoisotopic (exact) mass is 496 g/mol. The zero-order valence-corrected chi connectivity index (χ0v) is 20.7. The van der Waals surface area contributed by atoms with Crippen molar-refractivity contribution in [2.45, 2.75) is 25.9 Å². The largest absolute Gasteiger partial charge is 0.324 e. The predicted octanol–water partition coefficient (Wildman–Crippen LogP) is 6.90. The van der Waals surface area contributed by atoms with Gasteiger partial charge in [0, 0.05) is 16.3 Å². The third-order valence-electron chi connectivity index (χ3n) is 5.06. The molecular formula is C25H22Cl2N4OS. The maximum atomic E-state index is 12.7. The molecule has 0 spiro atoms. The van der Waals surface area contributed by atoms with Crippen LogP contribution in [0.2, 0.25) is 10.0 Å². The van der Waals surface area contributed by atoms with Crippen LogP contribution < -0.4 is 5.32 Å². The van der Waals surface area contributed by atoms with Crippen molar-refractivity contribution in [3.63, 3.8) is 0 Å². The van der Waals surface area contributed by atoms with E-state index in [9.17, 15) is 4.79 Å². The Morgan fingerprint density at radius 3 is 2.30 bits per heavy atom. The van der Waals surface area contributed by atoms with Crippen LogP contribution in [0.4, 0.5) is 5.69 Å². The van der Waals surface area contributed by atoms with Crippen LogP contribution in [-0.4, -0.2) is 26.4 Å². The van der Waals surface area contributed by atoms with Crippen molar-refractivity contribution >= 4 is 46.6 Å². The minimum absolute atomic E-state index is 0.161. The average molecular weight is 497 g/mol. The number of anilines is 1. The van der Waals surface area contributed by atoms with Gasteiger partial charge in [-0.1, -0.05) is 58.7 Å². The number of hydrogen-bond donors (Lipinski definition) is 1. The third-order valence-corrected chi connectivity index (χ3v) is 6.54. The molecule has 1 heterocycles. The number of nitrogens with zero attached hydrogens (tertiary/aromatic N) is 3. The Labute approximate surface area is 207 Å². The topological polar surface area (TPSA) is 59.8 Å². The Morgan fingerprint density at radius 2 is 1.64 bits per heavy atom. The summed E-state index contributed by atoms with van der Waals surface area (Å²) < 4.78 is 1.95. The van der Waals surface area contributed by atoms with Crippen LogP contribution in [0.1, 0.15) is 16.7 Å². The Bertz CT molecular complexity index is 1280. The number of rotatable bonds is 6. The summed E-state index contributed by atoms with van der Waals surface area (Å²) in [5, 5.41) is 13.5. The van der Waals surface area contributed by atoms with Gasteiger partial charge in [0.15, 0.2) is 11.0 Å². The molecule has 1 amide bonds. The maximum absolute atomic E-state index is 12.7. The smallest absolute Gasteiger partial charge is 0.234 e. The SMILES string of the molecule is Cc1ccc(-n2c(SCC(=O)Nc3c(C)cc(C)cc3Cl)nnc2-c2ccc(Cl)cc2)cc1. The number of hydrogen-bond acceptors (Lipinski definition) is 4. The van der Waals surface area contributed by atoms with E-state index in [2.05, 4.69) is 15.5 Å². The number of thioether (sulfide) groups is 1. The van der Waals surface area contributed by atoms with Crippen molar-refractivity contribution in [1.82, 2.24) is 14.8 Å². The molecule has 0 aliphatic heterocycles. The van der Waals surface area contributed by atoms with E-state index in [1.54, 1.807) is 0 Å². The molecule has 0 saturated heterocycles. The third kappa shape index (κ3) is 5.41. The molecule has 0 saturated carbocycles. The summed E-state index contributed by atoms with van der Waals surface area (Å²) >= 11 is 13.7. The van der Waals surface area contributed by atoms with Crippen LogP contribution in [0.5, 0.6) is 0 Å². The molecule has 1 N–H and O–H groups in total. The highest BCUT2D eigenvalue weighted by Gasteiger charge is 2.18. The summed E-state index contributed by atoms with van der Waals surface area (Å²) in [6.07, 6.45) is 0. The van der Waals surface area contributed by atoms with Crippen LogP contribution in [0.25, 0.3) is 17.1 Å². The molecule has 0 atom stereocenters. The predicted molar refractivity (Wildman–Crippen MR) is 137 cm³/mol. The van der Waals surface area contributed by atoms with Crippen LogP contribution in [0, 0.1) is 20.8 Å². The molecule has 0 radical (unpaired) electrons. The number of carbonyl (C=O) groups excluding carboxylic acids is 1. The Morgan fingerprint density at radius 1 is 0.939 bits per heavy atom. The van der Waals surface area contributed by atoms with Crippen molar-refractivity contribution in [3.05, 3.63) is 87.4 Å². The van der Waals surface area contributed by atoms with E-state index >= 15 is 0 Å². The lowest BCUT2D eigenvalue weighted by molar-refractivity contribution is -0.113.